The molecular formula is C14H18F3NO2. The van der Waals surface area contributed by atoms with Crippen LogP contribution in [0.1, 0.15) is 12.0 Å². The average molecular weight is 289 g/mol. The lowest BCUT2D eigenvalue weighted by molar-refractivity contribution is -0.183. The molecule has 0 N–H and O–H groups in total. The largest absolute Gasteiger partial charge is 0.497 e. The Morgan fingerprint density at radius 3 is 2.55 bits per heavy atom. The van der Waals surface area contributed by atoms with E-state index in [1.165, 1.54) is 0 Å². The summed E-state index contributed by atoms with van der Waals surface area (Å²) in [5.74, 6) is 0.793. The highest BCUT2D eigenvalue weighted by Crippen LogP contribution is 2.21. The molecule has 6 heteroatoms. The van der Waals surface area contributed by atoms with Crippen molar-refractivity contribution in [1.82, 2.24) is 4.90 Å². The van der Waals surface area contributed by atoms with E-state index < -0.39 is 12.8 Å². The zero-order valence-electron chi connectivity index (χ0n) is 11.3. The number of rotatable bonds is 5. The fourth-order valence-corrected chi connectivity index (χ4v) is 2.28. The van der Waals surface area contributed by atoms with Gasteiger partial charge < -0.3 is 9.47 Å². The standard InChI is InChI=1S/C14H18F3NO2/c1-19-12-4-2-11(3-5-12)8-18-7-6-13(9-18)20-10-14(15,16)17/h2-5,13H,6-10H2,1H3. The van der Waals surface area contributed by atoms with Crippen molar-refractivity contribution in [2.75, 3.05) is 26.8 Å². The van der Waals surface area contributed by atoms with Gasteiger partial charge >= 0.3 is 6.18 Å². The smallest absolute Gasteiger partial charge is 0.411 e. The Labute approximate surface area is 116 Å². The Balaban J connectivity index is 1.77. The van der Waals surface area contributed by atoms with Gasteiger partial charge in [-0.15, -0.1) is 0 Å². The molecule has 0 bridgehead atoms. The Hall–Kier alpha value is -1.27. The predicted molar refractivity (Wildman–Crippen MR) is 68.7 cm³/mol. The highest BCUT2D eigenvalue weighted by Gasteiger charge is 2.31. The minimum absolute atomic E-state index is 0.324. The van der Waals surface area contributed by atoms with E-state index in [-0.39, 0.29) is 6.10 Å². The van der Waals surface area contributed by atoms with E-state index >= 15 is 0 Å². The summed E-state index contributed by atoms with van der Waals surface area (Å²) in [5, 5.41) is 0. The molecule has 1 heterocycles. The van der Waals surface area contributed by atoms with Gasteiger partial charge in [0, 0.05) is 19.6 Å². The van der Waals surface area contributed by atoms with Gasteiger partial charge in [0.25, 0.3) is 0 Å². The van der Waals surface area contributed by atoms with Gasteiger partial charge in [0.2, 0.25) is 0 Å². The number of methoxy groups -OCH3 is 1. The number of halogens is 3. The van der Waals surface area contributed by atoms with E-state index in [0.29, 0.717) is 13.0 Å². The lowest BCUT2D eigenvalue weighted by Crippen LogP contribution is -2.26. The number of benzene rings is 1. The van der Waals surface area contributed by atoms with Crippen molar-refractivity contribution >= 4 is 0 Å². The first kappa shape index (κ1) is 15.1. The summed E-state index contributed by atoms with van der Waals surface area (Å²) in [7, 11) is 1.61. The molecule has 1 fully saturated rings. The van der Waals surface area contributed by atoms with E-state index in [1.54, 1.807) is 7.11 Å². The van der Waals surface area contributed by atoms with Crippen molar-refractivity contribution in [2.24, 2.45) is 0 Å². The quantitative estimate of drug-likeness (QED) is 0.832. The van der Waals surface area contributed by atoms with Gasteiger partial charge in [-0.25, -0.2) is 0 Å². The highest BCUT2D eigenvalue weighted by molar-refractivity contribution is 5.27. The number of hydrogen-bond acceptors (Lipinski definition) is 3. The van der Waals surface area contributed by atoms with Crippen LogP contribution in [0.15, 0.2) is 24.3 Å². The molecule has 1 unspecified atom stereocenters. The summed E-state index contributed by atoms with van der Waals surface area (Å²) in [6.07, 6.45) is -3.93. The van der Waals surface area contributed by atoms with Crippen LogP contribution in [-0.2, 0) is 11.3 Å². The summed E-state index contributed by atoms with van der Waals surface area (Å²) < 4.78 is 46.2. The van der Waals surface area contributed by atoms with Crippen molar-refractivity contribution in [3.63, 3.8) is 0 Å². The SMILES string of the molecule is COc1ccc(CN2CCC(OCC(F)(F)F)C2)cc1. The van der Waals surface area contributed by atoms with Crippen LogP contribution in [-0.4, -0.2) is 44.0 Å². The van der Waals surface area contributed by atoms with Crippen LogP contribution < -0.4 is 4.74 Å². The zero-order valence-corrected chi connectivity index (χ0v) is 11.3. The van der Waals surface area contributed by atoms with Gasteiger partial charge in [0.1, 0.15) is 12.4 Å². The summed E-state index contributed by atoms with van der Waals surface area (Å²) in [5.41, 5.74) is 1.11. The second kappa shape index (κ2) is 6.45. The Morgan fingerprint density at radius 1 is 1.25 bits per heavy atom. The minimum Gasteiger partial charge on any atom is -0.497 e. The van der Waals surface area contributed by atoms with Crippen molar-refractivity contribution in [2.45, 2.75) is 25.2 Å². The molecule has 0 radical (unpaired) electrons. The van der Waals surface area contributed by atoms with Gasteiger partial charge in [-0.1, -0.05) is 12.1 Å². The van der Waals surface area contributed by atoms with Crippen molar-refractivity contribution in [3.8, 4) is 5.75 Å². The van der Waals surface area contributed by atoms with Crippen LogP contribution in [0.5, 0.6) is 5.75 Å². The fourth-order valence-electron chi connectivity index (χ4n) is 2.28. The maximum Gasteiger partial charge on any atom is 0.411 e. The summed E-state index contributed by atoms with van der Waals surface area (Å²) >= 11 is 0. The first-order chi connectivity index (χ1) is 9.46. The van der Waals surface area contributed by atoms with Gasteiger partial charge in [-0.3, -0.25) is 4.90 Å². The summed E-state index contributed by atoms with van der Waals surface area (Å²) in [6, 6.07) is 7.68. The second-order valence-electron chi connectivity index (χ2n) is 4.92. The first-order valence-corrected chi connectivity index (χ1v) is 6.50. The molecule has 20 heavy (non-hydrogen) atoms. The van der Waals surface area contributed by atoms with Gasteiger partial charge in [0.15, 0.2) is 0 Å². The minimum atomic E-state index is -4.25. The maximum atomic E-state index is 12.1. The van der Waals surface area contributed by atoms with Crippen molar-refractivity contribution in [3.05, 3.63) is 29.8 Å². The molecule has 1 atom stereocenters. The van der Waals surface area contributed by atoms with E-state index in [9.17, 15) is 13.2 Å². The third kappa shape index (κ3) is 4.68. The van der Waals surface area contributed by atoms with Crippen molar-refractivity contribution < 1.29 is 22.6 Å². The Bertz CT molecular complexity index is 419. The fraction of sp³-hybridized carbons (Fsp3) is 0.571. The average Bonchev–Trinajstić information content (AvgIpc) is 2.84. The van der Waals surface area contributed by atoms with Crippen LogP contribution in [0, 0.1) is 0 Å². The van der Waals surface area contributed by atoms with E-state index in [2.05, 4.69) is 4.90 Å². The molecule has 3 nitrogen and oxygen atoms in total. The monoisotopic (exact) mass is 289 g/mol. The zero-order chi connectivity index (χ0) is 14.6. The van der Waals surface area contributed by atoms with E-state index in [1.807, 2.05) is 24.3 Å². The molecule has 1 aromatic rings. The number of likely N-dealkylation sites (tertiary alicyclic amines) is 1. The van der Waals surface area contributed by atoms with Crippen molar-refractivity contribution in [1.29, 1.82) is 0 Å². The molecule has 1 saturated heterocycles. The Morgan fingerprint density at radius 2 is 1.95 bits per heavy atom. The third-order valence-corrected chi connectivity index (χ3v) is 3.28. The molecule has 0 aliphatic carbocycles. The predicted octanol–water partition coefficient (Wildman–Crippen LogP) is 2.85. The molecule has 1 aliphatic heterocycles. The lowest BCUT2D eigenvalue weighted by Gasteiger charge is -2.17. The number of hydrogen-bond donors (Lipinski definition) is 0. The van der Waals surface area contributed by atoms with E-state index in [4.69, 9.17) is 9.47 Å². The molecule has 2 rings (SSSR count). The third-order valence-electron chi connectivity index (χ3n) is 3.28. The molecule has 112 valence electrons. The highest BCUT2D eigenvalue weighted by atomic mass is 19.4. The van der Waals surface area contributed by atoms with E-state index in [0.717, 1.165) is 24.4 Å². The number of nitrogens with zero attached hydrogens (tertiary/aromatic N) is 1. The van der Waals surface area contributed by atoms with Gasteiger partial charge in [0.05, 0.1) is 13.2 Å². The van der Waals surface area contributed by atoms with Crippen LogP contribution >= 0.6 is 0 Å². The Kier molecular flexibility index (Phi) is 4.88. The number of alkyl halides is 3. The topological polar surface area (TPSA) is 21.7 Å². The summed E-state index contributed by atoms with van der Waals surface area (Å²) in [6.45, 7) is 0.862. The molecule has 1 aromatic carbocycles. The number of ether oxygens (including phenoxy) is 2. The van der Waals surface area contributed by atoms with Crippen LogP contribution in [0.2, 0.25) is 0 Å². The first-order valence-electron chi connectivity index (χ1n) is 6.50. The molecule has 0 amide bonds. The van der Waals surface area contributed by atoms with Gasteiger partial charge in [-0.05, 0) is 24.1 Å². The molecule has 1 aliphatic rings. The second-order valence-corrected chi connectivity index (χ2v) is 4.92. The maximum absolute atomic E-state index is 12.1. The van der Waals surface area contributed by atoms with Gasteiger partial charge in [-0.2, -0.15) is 13.2 Å². The lowest BCUT2D eigenvalue weighted by atomic mass is 10.2. The normalized spacial score (nSPS) is 20.3. The molecule has 0 saturated carbocycles. The summed E-state index contributed by atoms with van der Waals surface area (Å²) in [4.78, 5) is 2.10. The van der Waals surface area contributed by atoms with Crippen LogP contribution in [0.4, 0.5) is 13.2 Å². The molecule has 0 spiro atoms. The molecular weight excluding hydrogens is 271 g/mol. The van der Waals surface area contributed by atoms with Crippen LogP contribution in [0.3, 0.4) is 0 Å². The molecule has 0 aromatic heterocycles. The van der Waals surface area contributed by atoms with Crippen LogP contribution in [0.25, 0.3) is 0 Å².